The van der Waals surface area contributed by atoms with Crippen LogP contribution < -0.4 is 9.47 Å². The summed E-state index contributed by atoms with van der Waals surface area (Å²) in [6.45, 7) is 9.77. The van der Waals surface area contributed by atoms with Gasteiger partial charge in [-0.3, -0.25) is 9.59 Å². The molecule has 3 aliphatic heterocycles. The first kappa shape index (κ1) is 36.4. The third-order valence-corrected chi connectivity index (χ3v) is 11.4. The minimum atomic E-state index is -1.08. The van der Waals surface area contributed by atoms with Crippen LogP contribution in [-0.2, 0) is 25.5 Å². The van der Waals surface area contributed by atoms with Gasteiger partial charge in [-0.1, -0.05) is 52.2 Å². The van der Waals surface area contributed by atoms with Crippen molar-refractivity contribution >= 4 is 28.7 Å². The Morgan fingerprint density at radius 2 is 1.74 bits per heavy atom. The highest BCUT2D eigenvalue weighted by Gasteiger charge is 2.46. The van der Waals surface area contributed by atoms with Crippen molar-refractivity contribution in [2.75, 3.05) is 32.8 Å². The molecule has 1 aromatic carbocycles. The van der Waals surface area contributed by atoms with Crippen molar-refractivity contribution in [3.8, 4) is 11.6 Å². The molecule has 0 radical (unpaired) electrons. The molecule has 1 aliphatic carbocycles. The summed E-state index contributed by atoms with van der Waals surface area (Å²) in [6, 6.07) is 6.91. The normalized spacial score (nSPS) is 27.5. The number of esters is 1. The minimum Gasteiger partial charge on any atom is -0.492 e. The first-order valence-corrected chi connectivity index (χ1v) is 19.2. The molecule has 2 bridgehead atoms. The summed E-state index contributed by atoms with van der Waals surface area (Å²) < 4.78 is 19.4. The number of piperidine rings is 1. The average Bonchev–Trinajstić information content (AvgIpc) is 3.72. The van der Waals surface area contributed by atoms with E-state index in [9.17, 15) is 19.5 Å². The van der Waals surface area contributed by atoms with E-state index in [4.69, 9.17) is 19.2 Å². The van der Waals surface area contributed by atoms with Crippen molar-refractivity contribution in [3.63, 3.8) is 0 Å². The Kier molecular flexibility index (Phi) is 11.9. The summed E-state index contributed by atoms with van der Waals surface area (Å²) >= 11 is 0. The third-order valence-electron chi connectivity index (χ3n) is 11.4. The lowest BCUT2D eigenvalue weighted by atomic mass is 9.77. The fraction of sp³-hybridized carbons (Fsp3) is 0.700. The van der Waals surface area contributed by atoms with Crippen LogP contribution in [0.4, 0.5) is 0 Å². The van der Waals surface area contributed by atoms with E-state index in [1.54, 1.807) is 0 Å². The van der Waals surface area contributed by atoms with Gasteiger partial charge in [-0.15, -0.1) is 0 Å². The zero-order valence-corrected chi connectivity index (χ0v) is 30.4. The molecule has 0 unspecified atom stereocenters. The molecule has 0 spiro atoms. The summed E-state index contributed by atoms with van der Waals surface area (Å²) in [5.74, 6) is -0.944. The molecule has 1 aromatic heterocycles. The number of fused-ring (bicyclic) bond motifs is 5. The van der Waals surface area contributed by atoms with Gasteiger partial charge in [0.1, 0.15) is 24.0 Å². The second-order valence-electron chi connectivity index (χ2n) is 16.1. The number of nitrogens with zero attached hydrogens (tertiary/aromatic N) is 3. The maximum absolute atomic E-state index is 14.2. The molecule has 6 rings (SSSR count). The van der Waals surface area contributed by atoms with Gasteiger partial charge in [0, 0.05) is 18.4 Å². The molecule has 10 nitrogen and oxygen atoms in total. The van der Waals surface area contributed by atoms with E-state index in [1.165, 1.54) is 24.2 Å². The number of rotatable bonds is 6. The van der Waals surface area contributed by atoms with Crippen molar-refractivity contribution in [2.24, 2.45) is 17.3 Å². The van der Waals surface area contributed by atoms with Gasteiger partial charge in [-0.05, 0) is 94.3 Å². The summed E-state index contributed by atoms with van der Waals surface area (Å²) in [6.07, 6.45) is 11.7. The zero-order chi connectivity index (χ0) is 35.3. The molecule has 3 fully saturated rings. The number of ether oxygens (including phenoxy) is 3. The van der Waals surface area contributed by atoms with Crippen LogP contribution in [0.3, 0.4) is 0 Å². The second-order valence-corrected chi connectivity index (χ2v) is 16.1. The smallest absolute Gasteiger partial charge is 0.326 e. The predicted octanol–water partition coefficient (Wildman–Crippen LogP) is 6.80. The van der Waals surface area contributed by atoms with Crippen LogP contribution in [0.15, 0.2) is 24.3 Å². The number of likely N-dealkylation sites (tertiary alicyclic amines) is 1. The lowest BCUT2D eigenvalue weighted by molar-refractivity contribution is -0.159. The van der Waals surface area contributed by atoms with Crippen molar-refractivity contribution in [1.29, 1.82) is 0 Å². The van der Waals surface area contributed by atoms with E-state index in [2.05, 4.69) is 11.0 Å². The molecule has 5 atom stereocenters. The number of carbonyl (C=O) groups excluding carboxylic acids is 2. The van der Waals surface area contributed by atoms with Gasteiger partial charge in [0.25, 0.3) is 0 Å². The lowest BCUT2D eigenvalue weighted by Gasteiger charge is -2.34. The van der Waals surface area contributed by atoms with Crippen LogP contribution in [0.1, 0.15) is 110 Å². The lowest BCUT2D eigenvalue weighted by Crippen LogP contribution is -2.47. The first-order chi connectivity index (χ1) is 24.1. The Hall–Kier alpha value is -3.40. The maximum Gasteiger partial charge on any atom is 0.326 e. The highest BCUT2D eigenvalue weighted by atomic mass is 16.5. The Labute approximate surface area is 297 Å². The number of hydrogen-bond acceptors (Lipinski definition) is 8. The molecule has 10 heteroatoms. The van der Waals surface area contributed by atoms with Gasteiger partial charge in [0.05, 0.1) is 36.6 Å². The number of aliphatic carboxylic acids is 1. The molecule has 1 saturated carbocycles. The van der Waals surface area contributed by atoms with Gasteiger partial charge in [0.2, 0.25) is 11.8 Å². The number of benzene rings is 1. The topological polar surface area (TPSA) is 118 Å². The Bertz CT molecular complexity index is 1500. The molecule has 1 N–H and O–H groups in total. The maximum atomic E-state index is 14.2. The number of aromatic nitrogens is 1. The second kappa shape index (κ2) is 16.3. The van der Waals surface area contributed by atoms with E-state index in [1.807, 2.05) is 39.0 Å². The van der Waals surface area contributed by atoms with Crippen LogP contribution in [-0.4, -0.2) is 88.8 Å². The molecule has 2 saturated heterocycles. The Balaban J connectivity index is 1.31. The summed E-state index contributed by atoms with van der Waals surface area (Å²) in [5.41, 5.74) is 1.10. The first-order valence-electron chi connectivity index (χ1n) is 19.2. The highest BCUT2D eigenvalue weighted by molar-refractivity contribution is 5.89. The number of hydrogen-bond donors (Lipinski definition) is 1. The van der Waals surface area contributed by atoms with Gasteiger partial charge in [-0.2, -0.15) is 0 Å². The van der Waals surface area contributed by atoms with E-state index >= 15 is 0 Å². The van der Waals surface area contributed by atoms with Gasteiger partial charge in [-0.25, -0.2) is 9.78 Å². The largest absolute Gasteiger partial charge is 0.492 e. The third kappa shape index (κ3) is 8.72. The molecular formula is C40H57N3O7. The number of pyridine rings is 1. The van der Waals surface area contributed by atoms with Crippen LogP contribution in [0.25, 0.3) is 10.9 Å². The molecule has 1 amide bonds. The number of amides is 1. The van der Waals surface area contributed by atoms with Gasteiger partial charge < -0.3 is 29.1 Å². The van der Waals surface area contributed by atoms with Crippen molar-refractivity contribution in [2.45, 2.75) is 129 Å². The minimum absolute atomic E-state index is 0.0746. The number of carboxylic acids is 1. The van der Waals surface area contributed by atoms with Crippen LogP contribution in [0.2, 0.25) is 0 Å². The van der Waals surface area contributed by atoms with Crippen LogP contribution in [0, 0.1) is 17.3 Å². The molecular weight excluding hydrogens is 634 g/mol. The van der Waals surface area contributed by atoms with Crippen molar-refractivity contribution in [1.82, 2.24) is 14.8 Å². The summed E-state index contributed by atoms with van der Waals surface area (Å²) in [4.78, 5) is 49.1. The monoisotopic (exact) mass is 691 g/mol. The molecule has 274 valence electrons. The quantitative estimate of drug-likeness (QED) is 0.258. The SMILES string of the molecule is CC(C)(C)[C@@H]1CC(=O)O[C@@H]2CCC[C@H]2CCCCCc2c(nc3ccccc3c2OCCCN2CCCCC2)O[C@@H]2C[C@@H](C(=O)O)N(C2)C1=O. The molecule has 50 heavy (non-hydrogen) atoms. The summed E-state index contributed by atoms with van der Waals surface area (Å²) in [5, 5.41) is 11.2. The number of carboxylic acid groups (broad SMARTS) is 1. The zero-order valence-electron chi connectivity index (χ0n) is 30.4. The van der Waals surface area contributed by atoms with Crippen molar-refractivity contribution < 1.29 is 33.7 Å². The van der Waals surface area contributed by atoms with Gasteiger partial charge in [0.15, 0.2) is 0 Å². The molecule has 2 aromatic rings. The van der Waals surface area contributed by atoms with E-state index < -0.39 is 29.4 Å². The fourth-order valence-electron chi connectivity index (χ4n) is 8.57. The van der Waals surface area contributed by atoms with Crippen LogP contribution in [0.5, 0.6) is 11.6 Å². The number of carbonyl (C=O) groups is 3. The average molecular weight is 692 g/mol. The van der Waals surface area contributed by atoms with Crippen LogP contribution >= 0.6 is 0 Å². The predicted molar refractivity (Wildman–Crippen MR) is 191 cm³/mol. The highest BCUT2D eigenvalue weighted by Crippen LogP contribution is 2.40. The standard InChI is InChI=1S/C40H57N3O7/c1-40(2,3)31-25-35(44)50-34-19-12-15-27(34)14-6-4-7-17-30-36(48-23-13-22-42-20-10-5-11-21-42)29-16-8-9-18-32(29)41-37(30)49-28-24-33(39(46)47)43(26-28)38(31)45/h8-9,16,18,27-28,31,33-34H,4-7,10-15,17,19-26H2,1-3H3,(H,46,47)/t27-,28-,31-,33+,34-/m1/s1. The summed E-state index contributed by atoms with van der Waals surface area (Å²) in [7, 11) is 0. The van der Waals surface area contributed by atoms with Gasteiger partial charge >= 0.3 is 11.9 Å². The van der Waals surface area contributed by atoms with E-state index in [0.717, 1.165) is 93.2 Å². The van der Waals surface area contributed by atoms with Crippen molar-refractivity contribution in [3.05, 3.63) is 29.8 Å². The van der Waals surface area contributed by atoms with E-state index in [-0.39, 0.29) is 37.4 Å². The molecule has 4 aliphatic rings. The Morgan fingerprint density at radius 1 is 0.980 bits per heavy atom. The molecule has 4 heterocycles. The number of para-hydroxylation sites is 1. The fourth-order valence-corrected chi connectivity index (χ4v) is 8.57. The van der Waals surface area contributed by atoms with E-state index in [0.29, 0.717) is 24.8 Å². The Morgan fingerprint density at radius 3 is 2.52 bits per heavy atom.